The van der Waals surface area contributed by atoms with Crippen molar-refractivity contribution in [3.05, 3.63) is 160 Å². The summed E-state index contributed by atoms with van der Waals surface area (Å²) in [6, 6.07) is 33.3. The molecule has 0 saturated heterocycles. The molecule has 0 aliphatic heterocycles. The number of halogens is 2. The fourth-order valence-corrected chi connectivity index (χ4v) is 20.2. The quantitative estimate of drug-likeness (QED) is 0.177. The van der Waals surface area contributed by atoms with Gasteiger partial charge in [-0.1, -0.05) is 0 Å². The molecule has 0 saturated carbocycles. The van der Waals surface area contributed by atoms with Crippen LogP contribution in [0.5, 0.6) is 0 Å². The average Bonchev–Trinajstić information content (AvgIpc) is 3.75. The number of allylic oxidation sites excluding steroid dienone is 8. The van der Waals surface area contributed by atoms with E-state index in [1.807, 2.05) is 0 Å². The molecular weight excluding hydrogens is 775 g/mol. The molecular formula is C51H56Cl2Zr. The fourth-order valence-electron chi connectivity index (χ4n) is 9.99. The number of rotatable bonds is 4. The molecule has 0 radical (unpaired) electrons. The zero-order valence-corrected chi connectivity index (χ0v) is 38.3. The third-order valence-corrected chi connectivity index (χ3v) is 21.2. The van der Waals surface area contributed by atoms with Crippen LogP contribution in [0.2, 0.25) is 0 Å². The van der Waals surface area contributed by atoms with Gasteiger partial charge in [0.25, 0.3) is 0 Å². The van der Waals surface area contributed by atoms with E-state index in [1.165, 1.54) is 66.8 Å². The average molecular weight is 831 g/mol. The van der Waals surface area contributed by atoms with Crippen LogP contribution in [0.4, 0.5) is 0 Å². The predicted octanol–water partition coefficient (Wildman–Crippen LogP) is 7.40. The minimum Gasteiger partial charge on any atom is -1.00 e. The Morgan fingerprint density at radius 3 is 1.67 bits per heavy atom. The van der Waals surface area contributed by atoms with Gasteiger partial charge in [-0.25, -0.2) is 0 Å². The molecule has 1 atom stereocenters. The van der Waals surface area contributed by atoms with Gasteiger partial charge in [-0.05, 0) is 0 Å². The van der Waals surface area contributed by atoms with Crippen molar-refractivity contribution in [3.8, 4) is 11.1 Å². The Hall–Kier alpha value is -2.83. The minimum absolute atomic E-state index is 0. The molecule has 1 unspecified atom stereocenters. The summed E-state index contributed by atoms with van der Waals surface area (Å²) in [5, 5.41) is 0. The van der Waals surface area contributed by atoms with E-state index < -0.39 is 21.3 Å². The number of fused-ring (bicyclic) bond motifs is 5. The maximum absolute atomic E-state index is 2.91. The van der Waals surface area contributed by atoms with Crippen LogP contribution < -0.4 is 24.8 Å². The molecule has 4 aromatic carbocycles. The van der Waals surface area contributed by atoms with Crippen LogP contribution in [0.1, 0.15) is 128 Å². The molecule has 0 spiro atoms. The molecule has 0 heterocycles. The van der Waals surface area contributed by atoms with E-state index in [0.717, 1.165) is 6.42 Å². The Balaban J connectivity index is 0.00000249. The summed E-state index contributed by atoms with van der Waals surface area (Å²) < 4.78 is 5.08. The Bertz CT molecular complexity index is 2290. The Morgan fingerprint density at radius 1 is 0.667 bits per heavy atom. The van der Waals surface area contributed by atoms with Crippen LogP contribution in [-0.4, -0.2) is 3.21 Å². The molecule has 4 aliphatic carbocycles. The minimum atomic E-state index is -2.91. The summed E-state index contributed by atoms with van der Waals surface area (Å²) in [6.45, 7) is 29.2. The third kappa shape index (κ3) is 6.53. The van der Waals surface area contributed by atoms with Crippen LogP contribution in [0, 0.1) is 16.7 Å². The zero-order chi connectivity index (χ0) is 37.1. The van der Waals surface area contributed by atoms with Crippen LogP contribution in [0.15, 0.2) is 115 Å². The van der Waals surface area contributed by atoms with E-state index in [4.69, 9.17) is 0 Å². The standard InChI is InChI=1S/C31H37.C13H10.C7H9.2ClH.Zr/c1-28(2,3)26-16-30(7,8)24-12-18-11-19-13-25-23(15-21(19)20(18)14-22(24)26)27(29(4,5)6)17-31(25,9)10;1-3-7-12(8-4-1)11-13-9-5-2-6-10-13;1-6-3-4-7(2)5-6;;;/h12-16H,11H2,1-10H3;1-10H;3,5,7H,1-2H3;2*1H;/q;;;;;+2/p-2. The van der Waals surface area contributed by atoms with E-state index in [2.05, 4.69) is 186 Å². The first kappa shape index (κ1) is 40.8. The van der Waals surface area contributed by atoms with Crippen molar-refractivity contribution in [3.63, 3.8) is 0 Å². The molecule has 0 nitrogen and oxygen atoms in total. The van der Waals surface area contributed by atoms with Crippen molar-refractivity contribution in [2.75, 3.05) is 0 Å². The molecule has 0 aromatic heterocycles. The van der Waals surface area contributed by atoms with Gasteiger partial charge < -0.3 is 24.8 Å². The second-order valence-corrected chi connectivity index (χ2v) is 24.9. The van der Waals surface area contributed by atoms with E-state index in [-0.39, 0.29) is 46.5 Å². The molecule has 4 aromatic rings. The van der Waals surface area contributed by atoms with Crippen molar-refractivity contribution >= 4 is 14.4 Å². The molecule has 8 rings (SSSR count). The van der Waals surface area contributed by atoms with Gasteiger partial charge in [-0.2, -0.15) is 0 Å². The van der Waals surface area contributed by atoms with Crippen LogP contribution in [-0.2, 0) is 38.5 Å². The second kappa shape index (κ2) is 14.0. The first-order valence-electron chi connectivity index (χ1n) is 19.5. The fraction of sp³-hybridized carbons (Fsp3) is 0.353. The summed E-state index contributed by atoms with van der Waals surface area (Å²) in [7, 11) is 0. The Labute approximate surface area is 345 Å². The molecule has 0 amide bonds. The van der Waals surface area contributed by atoms with Crippen LogP contribution in [0.25, 0.3) is 22.3 Å². The summed E-state index contributed by atoms with van der Waals surface area (Å²) >= 11 is -2.91. The number of benzene rings is 4. The SMILES string of the molecule is CC1=CC(C)[C]([Zr+2]([C]2=C(C(C)(C)C)c3cc4c(cc3C2(C)C)Cc2cc3c(cc2-4)C(C(C)(C)C)=CC3(C)C)=[C](c2ccccc2)c2ccccc2)=C1.[Cl-].[Cl-]. The van der Waals surface area contributed by atoms with Crippen LogP contribution in [0.3, 0.4) is 0 Å². The van der Waals surface area contributed by atoms with Crippen molar-refractivity contribution in [1.82, 2.24) is 0 Å². The Morgan fingerprint density at radius 2 is 1.19 bits per heavy atom. The summed E-state index contributed by atoms with van der Waals surface area (Å²) in [4.78, 5) is 0. The second-order valence-electron chi connectivity index (χ2n) is 19.2. The largest absolute Gasteiger partial charge is 1.00 e. The van der Waals surface area contributed by atoms with E-state index in [0.29, 0.717) is 5.92 Å². The molecule has 278 valence electrons. The van der Waals surface area contributed by atoms with E-state index in [9.17, 15) is 0 Å². The third-order valence-electron chi connectivity index (χ3n) is 12.3. The van der Waals surface area contributed by atoms with Gasteiger partial charge in [0, 0.05) is 0 Å². The van der Waals surface area contributed by atoms with Gasteiger partial charge in [0.15, 0.2) is 0 Å². The van der Waals surface area contributed by atoms with Crippen molar-refractivity contribution in [1.29, 1.82) is 0 Å². The molecule has 3 heteroatoms. The van der Waals surface area contributed by atoms with Crippen molar-refractivity contribution in [2.24, 2.45) is 16.7 Å². The normalized spacial score (nSPS) is 18.6. The summed E-state index contributed by atoms with van der Waals surface area (Å²) in [5.74, 6) is 0.443. The van der Waals surface area contributed by atoms with Crippen molar-refractivity contribution in [2.45, 2.75) is 100 Å². The van der Waals surface area contributed by atoms with Crippen LogP contribution >= 0.6 is 0 Å². The summed E-state index contributed by atoms with van der Waals surface area (Å²) in [5.41, 5.74) is 19.3. The first-order chi connectivity index (χ1) is 24.4. The maximum atomic E-state index is 2.65. The van der Waals surface area contributed by atoms with E-state index >= 15 is 0 Å². The first-order valence-corrected chi connectivity index (χ1v) is 23.2. The van der Waals surface area contributed by atoms with Gasteiger partial charge in [0.2, 0.25) is 0 Å². The molecule has 0 N–H and O–H groups in total. The van der Waals surface area contributed by atoms with Gasteiger partial charge in [-0.15, -0.1) is 0 Å². The van der Waals surface area contributed by atoms with Gasteiger partial charge in [0.1, 0.15) is 0 Å². The molecule has 54 heavy (non-hydrogen) atoms. The number of hydrogen-bond acceptors (Lipinski definition) is 0. The Kier molecular flexibility index (Phi) is 10.6. The monoisotopic (exact) mass is 828 g/mol. The molecule has 0 fully saturated rings. The topological polar surface area (TPSA) is 0 Å². The van der Waals surface area contributed by atoms with Gasteiger partial charge in [0.05, 0.1) is 0 Å². The maximum Gasteiger partial charge on any atom is -1.00 e. The number of hydrogen-bond donors (Lipinski definition) is 0. The summed E-state index contributed by atoms with van der Waals surface area (Å²) in [6.07, 6.45) is 8.67. The van der Waals surface area contributed by atoms with E-state index in [1.54, 1.807) is 15.3 Å². The zero-order valence-electron chi connectivity index (χ0n) is 34.4. The van der Waals surface area contributed by atoms with Crippen molar-refractivity contribution < 1.29 is 46.1 Å². The predicted molar refractivity (Wildman–Crippen MR) is 222 cm³/mol. The van der Waals surface area contributed by atoms with Gasteiger partial charge in [-0.3, -0.25) is 0 Å². The molecule has 0 bridgehead atoms. The molecule has 4 aliphatic rings. The smallest absolute Gasteiger partial charge is 1.00 e. The van der Waals surface area contributed by atoms with Gasteiger partial charge >= 0.3 is 324 Å².